The number of rotatable bonds is 5. The fourth-order valence-corrected chi connectivity index (χ4v) is 2.94. The van der Waals surface area contributed by atoms with E-state index in [1.807, 2.05) is 0 Å². The minimum atomic E-state index is -3.72. The summed E-state index contributed by atoms with van der Waals surface area (Å²) in [6.45, 7) is 0.361. The number of sulfonamides is 1. The molecule has 2 aromatic carbocycles. The molecule has 0 unspecified atom stereocenters. The summed E-state index contributed by atoms with van der Waals surface area (Å²) in [7, 11) is -3.72. The summed E-state index contributed by atoms with van der Waals surface area (Å²) in [4.78, 5) is 4.06. The molecule has 8 heteroatoms. The lowest BCUT2D eigenvalue weighted by Gasteiger charge is -2.04. The molecule has 0 aliphatic rings. The van der Waals surface area contributed by atoms with Crippen molar-refractivity contribution in [3.63, 3.8) is 0 Å². The molecule has 1 N–H and O–H groups in total. The number of nitrogens with zero attached hydrogens (tertiary/aromatic N) is 3. The predicted molar refractivity (Wildman–Crippen MR) is 82.8 cm³/mol. The van der Waals surface area contributed by atoms with Crippen molar-refractivity contribution in [3.05, 3.63) is 72.3 Å². The van der Waals surface area contributed by atoms with Crippen molar-refractivity contribution in [1.29, 1.82) is 0 Å². The lowest BCUT2D eigenvalue weighted by atomic mass is 10.2. The van der Waals surface area contributed by atoms with Gasteiger partial charge in [0.05, 0.1) is 11.4 Å². The molecule has 23 heavy (non-hydrogen) atoms. The molecule has 0 radical (unpaired) electrons. The summed E-state index contributed by atoms with van der Waals surface area (Å²) in [5, 5.41) is 4.06. The van der Waals surface area contributed by atoms with E-state index >= 15 is 0 Å². The summed E-state index contributed by atoms with van der Waals surface area (Å²) in [6.07, 6.45) is 1.41. The Labute approximate surface area is 132 Å². The molecule has 0 fully saturated rings. The Bertz CT molecular complexity index is 893. The SMILES string of the molecule is O=S(=O)(Nc1ncn(Cc2ccc(F)cc2)n1)c1ccccc1. The Balaban J connectivity index is 1.73. The fraction of sp³-hybridized carbons (Fsp3) is 0.0667. The van der Waals surface area contributed by atoms with Crippen LogP contribution < -0.4 is 4.72 Å². The Morgan fingerprint density at radius 1 is 1.04 bits per heavy atom. The molecule has 1 heterocycles. The van der Waals surface area contributed by atoms with Crippen LogP contribution >= 0.6 is 0 Å². The van der Waals surface area contributed by atoms with Crippen LogP contribution in [0.4, 0.5) is 10.3 Å². The highest BCUT2D eigenvalue weighted by Crippen LogP contribution is 2.12. The van der Waals surface area contributed by atoms with Gasteiger partial charge in [0.1, 0.15) is 12.1 Å². The van der Waals surface area contributed by atoms with Crippen LogP contribution in [0.1, 0.15) is 5.56 Å². The molecule has 0 aliphatic heterocycles. The third-order valence-corrected chi connectivity index (χ3v) is 4.42. The molecule has 3 rings (SSSR count). The molecule has 0 atom stereocenters. The maximum atomic E-state index is 12.9. The summed E-state index contributed by atoms with van der Waals surface area (Å²) in [5.74, 6) is -0.334. The second kappa shape index (κ2) is 6.17. The first-order valence-corrected chi connectivity index (χ1v) is 8.23. The van der Waals surface area contributed by atoms with E-state index in [-0.39, 0.29) is 16.7 Å². The Hall–Kier alpha value is -2.74. The van der Waals surface area contributed by atoms with Gasteiger partial charge in [-0.05, 0) is 29.8 Å². The van der Waals surface area contributed by atoms with Gasteiger partial charge in [0.2, 0.25) is 0 Å². The van der Waals surface area contributed by atoms with Crippen LogP contribution in [0.25, 0.3) is 0 Å². The topological polar surface area (TPSA) is 76.9 Å². The highest BCUT2D eigenvalue weighted by atomic mass is 32.2. The van der Waals surface area contributed by atoms with Crippen molar-refractivity contribution in [2.24, 2.45) is 0 Å². The van der Waals surface area contributed by atoms with Crippen LogP contribution in [-0.4, -0.2) is 23.2 Å². The first kappa shape index (κ1) is 15.2. The first-order chi connectivity index (χ1) is 11.0. The molecule has 0 amide bonds. The minimum Gasteiger partial charge on any atom is -0.246 e. The maximum Gasteiger partial charge on any atom is 0.264 e. The summed E-state index contributed by atoms with van der Waals surface area (Å²) >= 11 is 0. The third-order valence-electron chi connectivity index (χ3n) is 3.07. The van der Waals surface area contributed by atoms with Crippen molar-refractivity contribution in [2.75, 3.05) is 4.72 Å². The monoisotopic (exact) mass is 332 g/mol. The van der Waals surface area contributed by atoms with E-state index in [0.717, 1.165) is 5.56 Å². The van der Waals surface area contributed by atoms with Gasteiger partial charge in [0, 0.05) is 0 Å². The standard InChI is InChI=1S/C15H13FN4O2S/c16-13-8-6-12(7-9-13)10-20-11-17-15(18-20)19-23(21,22)14-4-2-1-3-5-14/h1-9,11H,10H2,(H,18,19). The Kier molecular flexibility index (Phi) is 4.07. The lowest BCUT2D eigenvalue weighted by Crippen LogP contribution is -2.14. The second-order valence-electron chi connectivity index (χ2n) is 4.81. The number of aromatic nitrogens is 3. The predicted octanol–water partition coefficient (Wildman–Crippen LogP) is 2.27. The molecule has 3 aromatic rings. The number of nitrogens with one attached hydrogen (secondary N) is 1. The molecule has 1 aromatic heterocycles. The van der Waals surface area contributed by atoms with Gasteiger partial charge >= 0.3 is 0 Å². The summed E-state index contributed by atoms with van der Waals surface area (Å²) in [6, 6.07) is 13.9. The maximum absolute atomic E-state index is 12.9. The van der Waals surface area contributed by atoms with E-state index in [2.05, 4.69) is 14.8 Å². The number of anilines is 1. The normalized spacial score (nSPS) is 11.3. The van der Waals surface area contributed by atoms with Gasteiger partial charge in [-0.1, -0.05) is 30.3 Å². The van der Waals surface area contributed by atoms with Gasteiger partial charge in [-0.3, -0.25) is 0 Å². The lowest BCUT2D eigenvalue weighted by molar-refractivity contribution is 0.600. The van der Waals surface area contributed by atoms with Crippen LogP contribution in [0, 0.1) is 5.82 Å². The second-order valence-corrected chi connectivity index (χ2v) is 6.49. The highest BCUT2D eigenvalue weighted by molar-refractivity contribution is 7.92. The number of hydrogen-bond donors (Lipinski definition) is 1. The van der Waals surface area contributed by atoms with Gasteiger partial charge in [-0.15, -0.1) is 5.10 Å². The smallest absolute Gasteiger partial charge is 0.246 e. The molecular formula is C15H13FN4O2S. The molecule has 0 aliphatic carbocycles. The largest absolute Gasteiger partial charge is 0.264 e. The van der Waals surface area contributed by atoms with Crippen molar-refractivity contribution < 1.29 is 12.8 Å². The quantitative estimate of drug-likeness (QED) is 0.777. The average molecular weight is 332 g/mol. The number of benzene rings is 2. The number of halogens is 1. The fourth-order valence-electron chi connectivity index (χ4n) is 1.97. The Morgan fingerprint density at radius 3 is 2.43 bits per heavy atom. The molecule has 0 saturated heterocycles. The van der Waals surface area contributed by atoms with Crippen molar-refractivity contribution in [2.45, 2.75) is 11.4 Å². The van der Waals surface area contributed by atoms with Crippen molar-refractivity contribution >= 4 is 16.0 Å². The van der Waals surface area contributed by atoms with Gasteiger partial charge in [0.15, 0.2) is 0 Å². The van der Waals surface area contributed by atoms with Gasteiger partial charge in [0.25, 0.3) is 16.0 Å². The van der Waals surface area contributed by atoms with E-state index in [9.17, 15) is 12.8 Å². The van der Waals surface area contributed by atoms with Gasteiger partial charge < -0.3 is 0 Å². The van der Waals surface area contributed by atoms with Gasteiger partial charge in [-0.2, -0.15) is 4.98 Å². The molecule has 0 spiro atoms. The molecule has 6 nitrogen and oxygen atoms in total. The molecule has 0 saturated carbocycles. The highest BCUT2D eigenvalue weighted by Gasteiger charge is 2.15. The van der Waals surface area contributed by atoms with E-state index in [0.29, 0.717) is 6.54 Å². The minimum absolute atomic E-state index is 0.0176. The third kappa shape index (κ3) is 3.72. The van der Waals surface area contributed by atoms with Crippen LogP contribution in [0.2, 0.25) is 0 Å². The van der Waals surface area contributed by atoms with Gasteiger partial charge in [-0.25, -0.2) is 22.2 Å². The van der Waals surface area contributed by atoms with E-state index in [1.54, 1.807) is 30.3 Å². The summed E-state index contributed by atoms with van der Waals surface area (Å²) in [5.41, 5.74) is 0.828. The van der Waals surface area contributed by atoms with Crippen LogP contribution in [0.3, 0.4) is 0 Å². The summed E-state index contributed by atoms with van der Waals surface area (Å²) < 4.78 is 41.0. The van der Waals surface area contributed by atoms with Crippen LogP contribution in [-0.2, 0) is 16.6 Å². The van der Waals surface area contributed by atoms with Crippen LogP contribution in [0.5, 0.6) is 0 Å². The number of hydrogen-bond acceptors (Lipinski definition) is 4. The zero-order valence-electron chi connectivity index (χ0n) is 11.9. The molecule has 0 bridgehead atoms. The van der Waals surface area contributed by atoms with E-state index in [4.69, 9.17) is 0 Å². The van der Waals surface area contributed by atoms with E-state index < -0.39 is 10.0 Å². The zero-order chi connectivity index (χ0) is 16.3. The molecular weight excluding hydrogens is 319 g/mol. The molecule has 118 valence electrons. The van der Waals surface area contributed by atoms with Crippen molar-refractivity contribution in [3.8, 4) is 0 Å². The van der Waals surface area contributed by atoms with Crippen LogP contribution in [0.15, 0.2) is 65.8 Å². The zero-order valence-corrected chi connectivity index (χ0v) is 12.7. The van der Waals surface area contributed by atoms with E-state index in [1.165, 1.54) is 35.3 Å². The Morgan fingerprint density at radius 2 is 1.74 bits per heavy atom. The average Bonchev–Trinajstić information content (AvgIpc) is 2.97. The first-order valence-electron chi connectivity index (χ1n) is 6.75. The van der Waals surface area contributed by atoms with Crippen molar-refractivity contribution in [1.82, 2.24) is 14.8 Å².